The summed E-state index contributed by atoms with van der Waals surface area (Å²) >= 11 is 0. The minimum Gasteiger partial charge on any atom is -0.390 e. The molecule has 4 aliphatic rings. The summed E-state index contributed by atoms with van der Waals surface area (Å²) in [7, 11) is -1.66. The first-order chi connectivity index (χ1) is 15.1. The lowest BCUT2D eigenvalue weighted by Gasteiger charge is -2.57. The molecule has 4 fully saturated rings. The van der Waals surface area contributed by atoms with Crippen molar-refractivity contribution in [1.29, 1.82) is 0 Å². The maximum absolute atomic E-state index is 13.1. The van der Waals surface area contributed by atoms with Gasteiger partial charge in [-0.05, 0) is 118 Å². The molecular formula is C27H41NO3S. The predicted octanol–water partition coefficient (Wildman–Crippen LogP) is 5.33. The van der Waals surface area contributed by atoms with Crippen molar-refractivity contribution in [1.82, 2.24) is 4.31 Å². The molecule has 0 saturated heterocycles. The van der Waals surface area contributed by atoms with Crippen LogP contribution in [0.4, 0.5) is 0 Å². The molecular weight excluding hydrogens is 418 g/mol. The quantitative estimate of drug-likeness (QED) is 0.662. The molecule has 0 aromatic heterocycles. The summed E-state index contributed by atoms with van der Waals surface area (Å²) in [5.41, 5.74) is -0.195. The van der Waals surface area contributed by atoms with Gasteiger partial charge >= 0.3 is 0 Å². The van der Waals surface area contributed by atoms with Gasteiger partial charge in [0.05, 0.1) is 10.5 Å². The topological polar surface area (TPSA) is 57.6 Å². The number of benzene rings is 1. The van der Waals surface area contributed by atoms with Crippen LogP contribution in [0.5, 0.6) is 0 Å². The zero-order valence-electron chi connectivity index (χ0n) is 20.0. The molecule has 4 nitrogen and oxygen atoms in total. The molecule has 1 aromatic rings. The number of sulfonamides is 1. The van der Waals surface area contributed by atoms with Crippen molar-refractivity contribution < 1.29 is 13.5 Å². The molecule has 1 N–H and O–H groups in total. The molecule has 5 heteroatoms. The molecule has 5 rings (SSSR count). The van der Waals surface area contributed by atoms with Gasteiger partial charge in [-0.25, -0.2) is 12.7 Å². The first-order valence-electron chi connectivity index (χ1n) is 12.9. The zero-order valence-corrected chi connectivity index (χ0v) is 20.9. The highest BCUT2D eigenvalue weighted by Gasteiger charge is 2.57. The van der Waals surface area contributed by atoms with E-state index in [1.165, 1.54) is 38.5 Å². The number of hydrogen-bond donors (Lipinski definition) is 1. The summed E-state index contributed by atoms with van der Waals surface area (Å²) in [4.78, 5) is 0.400. The van der Waals surface area contributed by atoms with Crippen molar-refractivity contribution in [2.24, 2.45) is 40.9 Å². The Kier molecular flexibility index (Phi) is 5.78. The third-order valence-electron chi connectivity index (χ3n) is 10.4. The van der Waals surface area contributed by atoms with Crippen LogP contribution in [0.1, 0.15) is 71.6 Å². The van der Waals surface area contributed by atoms with Crippen LogP contribution in [0.15, 0.2) is 35.2 Å². The molecule has 1 aromatic carbocycles. The fourth-order valence-corrected chi connectivity index (χ4v) is 9.91. The third kappa shape index (κ3) is 3.76. The van der Waals surface area contributed by atoms with Gasteiger partial charge in [-0.2, -0.15) is 0 Å². The Morgan fingerprint density at radius 1 is 0.938 bits per heavy atom. The van der Waals surface area contributed by atoms with E-state index in [1.54, 1.807) is 35.6 Å². The van der Waals surface area contributed by atoms with Gasteiger partial charge in [0.25, 0.3) is 0 Å². The first-order valence-corrected chi connectivity index (χ1v) is 14.3. The van der Waals surface area contributed by atoms with E-state index in [0.29, 0.717) is 23.3 Å². The Morgan fingerprint density at radius 3 is 2.41 bits per heavy atom. The minimum absolute atomic E-state index is 0.259. The van der Waals surface area contributed by atoms with Crippen molar-refractivity contribution in [3.63, 3.8) is 0 Å². The van der Waals surface area contributed by atoms with Crippen molar-refractivity contribution in [3.05, 3.63) is 30.3 Å². The second kappa shape index (κ2) is 8.09. The highest BCUT2D eigenvalue weighted by Crippen LogP contribution is 2.64. The summed E-state index contributed by atoms with van der Waals surface area (Å²) in [6, 6.07) is 8.88. The molecule has 0 bridgehead atoms. The fraction of sp³-hybridized carbons (Fsp3) is 0.778. The molecule has 8 atom stereocenters. The summed E-state index contributed by atoms with van der Waals surface area (Å²) in [6.45, 7) is 5.15. The van der Waals surface area contributed by atoms with Gasteiger partial charge in [0, 0.05) is 13.6 Å². The standard InChI is InChI=1S/C27H41NO3S/c1-26(29)15-13-22-19(17-26)9-11-24-23(22)14-16-27(2)20(10-12-25(24)27)18-28(3)32(30,31)21-7-5-4-6-8-21/h4-8,19-20,22-25,29H,9-18H2,1-3H3/t19-,20-,22+,23-,24-,25+,26-,27-/m1/s1. The molecule has 0 aliphatic heterocycles. The van der Waals surface area contributed by atoms with Crippen molar-refractivity contribution in [2.75, 3.05) is 13.6 Å². The average molecular weight is 460 g/mol. The Bertz CT molecular complexity index is 929. The van der Waals surface area contributed by atoms with Crippen LogP contribution in [0.25, 0.3) is 0 Å². The lowest BCUT2D eigenvalue weighted by atomic mass is 9.49. The molecule has 0 spiro atoms. The first kappa shape index (κ1) is 22.9. The van der Waals surface area contributed by atoms with Gasteiger partial charge in [0.2, 0.25) is 10.0 Å². The molecule has 4 aliphatic carbocycles. The van der Waals surface area contributed by atoms with E-state index in [9.17, 15) is 13.5 Å². The van der Waals surface area contributed by atoms with E-state index in [4.69, 9.17) is 0 Å². The van der Waals surface area contributed by atoms with Crippen LogP contribution in [0.3, 0.4) is 0 Å². The average Bonchev–Trinajstić information content (AvgIpc) is 3.09. The zero-order chi connectivity index (χ0) is 22.7. The van der Waals surface area contributed by atoms with Gasteiger partial charge in [-0.3, -0.25) is 0 Å². The van der Waals surface area contributed by atoms with Crippen molar-refractivity contribution in [2.45, 2.75) is 82.1 Å². The second-order valence-corrected chi connectivity index (χ2v) is 14.1. The number of aliphatic hydroxyl groups is 1. The maximum atomic E-state index is 13.1. The van der Waals surface area contributed by atoms with Crippen LogP contribution in [0.2, 0.25) is 0 Å². The lowest BCUT2D eigenvalue weighted by Crippen LogP contribution is -2.51. The Balaban J connectivity index is 1.30. The monoisotopic (exact) mass is 459 g/mol. The molecule has 0 heterocycles. The molecule has 0 radical (unpaired) electrons. The molecule has 32 heavy (non-hydrogen) atoms. The maximum Gasteiger partial charge on any atom is 0.242 e. The highest BCUT2D eigenvalue weighted by molar-refractivity contribution is 7.89. The normalized spacial score (nSPS) is 44.0. The van der Waals surface area contributed by atoms with E-state index in [-0.39, 0.29) is 5.41 Å². The number of rotatable bonds is 4. The molecule has 0 amide bonds. The molecule has 0 unspecified atom stereocenters. The lowest BCUT2D eigenvalue weighted by molar-refractivity contribution is -0.0999. The summed E-state index contributed by atoms with van der Waals surface area (Å²) in [5, 5.41) is 10.6. The van der Waals surface area contributed by atoms with E-state index in [2.05, 4.69) is 6.92 Å². The Labute approximate surface area is 194 Å². The van der Waals surface area contributed by atoms with Crippen LogP contribution >= 0.6 is 0 Å². The smallest absolute Gasteiger partial charge is 0.242 e. The fourth-order valence-electron chi connectivity index (χ4n) is 8.67. The van der Waals surface area contributed by atoms with E-state index in [1.807, 2.05) is 13.0 Å². The van der Waals surface area contributed by atoms with E-state index in [0.717, 1.165) is 42.9 Å². The SMILES string of the molecule is CN(C[C@H]1CC[C@H]2[C@@H]3CC[C@@H]4C[C@](C)(O)CC[C@@H]4[C@H]3CC[C@]12C)S(=O)(=O)c1ccccc1. The van der Waals surface area contributed by atoms with Gasteiger partial charge in [-0.15, -0.1) is 0 Å². The van der Waals surface area contributed by atoms with Crippen molar-refractivity contribution >= 4 is 10.0 Å². The molecule has 178 valence electrons. The van der Waals surface area contributed by atoms with E-state index >= 15 is 0 Å². The minimum atomic E-state index is -3.43. The largest absolute Gasteiger partial charge is 0.390 e. The van der Waals surface area contributed by atoms with Gasteiger partial charge in [-0.1, -0.05) is 25.1 Å². The Morgan fingerprint density at radius 2 is 1.66 bits per heavy atom. The van der Waals surface area contributed by atoms with Gasteiger partial charge < -0.3 is 5.11 Å². The van der Waals surface area contributed by atoms with E-state index < -0.39 is 15.6 Å². The van der Waals surface area contributed by atoms with Gasteiger partial charge in [0.15, 0.2) is 0 Å². The number of nitrogens with zero attached hydrogens (tertiary/aromatic N) is 1. The number of fused-ring (bicyclic) bond motifs is 5. The predicted molar refractivity (Wildman–Crippen MR) is 127 cm³/mol. The van der Waals surface area contributed by atoms with Crippen molar-refractivity contribution in [3.8, 4) is 0 Å². The summed E-state index contributed by atoms with van der Waals surface area (Å²) < 4.78 is 27.9. The molecule has 4 saturated carbocycles. The highest BCUT2D eigenvalue weighted by atomic mass is 32.2. The Hall–Kier alpha value is -0.910. The van der Waals surface area contributed by atoms with Crippen LogP contribution in [-0.2, 0) is 10.0 Å². The summed E-state index contributed by atoms with van der Waals surface area (Å²) in [6.07, 6.45) is 10.7. The van der Waals surface area contributed by atoms with Crippen LogP contribution < -0.4 is 0 Å². The second-order valence-electron chi connectivity index (χ2n) is 12.1. The van der Waals surface area contributed by atoms with Crippen LogP contribution in [0, 0.1) is 40.9 Å². The summed E-state index contributed by atoms with van der Waals surface area (Å²) in [5.74, 6) is 4.33. The van der Waals surface area contributed by atoms with Gasteiger partial charge in [0.1, 0.15) is 0 Å². The third-order valence-corrected chi connectivity index (χ3v) is 12.2. The number of hydrogen-bond acceptors (Lipinski definition) is 3. The van der Waals surface area contributed by atoms with Crippen LogP contribution in [-0.4, -0.2) is 37.0 Å².